The fourth-order valence-corrected chi connectivity index (χ4v) is 4.07. The average molecular weight is 413 g/mol. The lowest BCUT2D eigenvalue weighted by molar-refractivity contribution is 0.668. The fourth-order valence-electron chi connectivity index (χ4n) is 3.80. The van der Waals surface area contributed by atoms with E-state index in [0.717, 1.165) is 21.0 Å². The van der Waals surface area contributed by atoms with Gasteiger partial charge in [-0.3, -0.25) is 0 Å². The Balaban J connectivity index is 1.73. The molecule has 1 aromatic heterocycles. The van der Waals surface area contributed by atoms with Crippen molar-refractivity contribution in [2.75, 3.05) is 0 Å². The van der Waals surface area contributed by atoms with Gasteiger partial charge in [-0.15, -0.1) is 0 Å². The van der Waals surface area contributed by atoms with Gasteiger partial charge in [0.15, 0.2) is 0 Å². The summed E-state index contributed by atoms with van der Waals surface area (Å²) in [6, 6.07) is 34.1. The highest BCUT2D eigenvalue weighted by atomic mass is 79.9. The zero-order valence-electron chi connectivity index (χ0n) is 14.6. The summed E-state index contributed by atoms with van der Waals surface area (Å²) in [6.45, 7) is 0. The number of hydrogen-bond donors (Lipinski definition) is 0. The zero-order valence-corrected chi connectivity index (χ0v) is 16.2. The lowest BCUT2D eigenvalue weighted by atomic mass is 9.85. The van der Waals surface area contributed by atoms with Crippen LogP contribution in [-0.2, 0) is 0 Å². The Bertz CT molecular complexity index is 1220. The summed E-state index contributed by atoms with van der Waals surface area (Å²) in [5.41, 5.74) is 5.69. The largest absolute Gasteiger partial charge is 0.456 e. The molecular formula is C25H17BrO. The van der Waals surface area contributed by atoms with Crippen LogP contribution >= 0.6 is 15.9 Å². The number of fused-ring (bicyclic) bond motifs is 3. The molecule has 1 atom stereocenters. The maximum absolute atomic E-state index is 6.01. The van der Waals surface area contributed by atoms with Crippen molar-refractivity contribution < 1.29 is 4.42 Å². The normalized spacial score (nSPS) is 12.5. The van der Waals surface area contributed by atoms with Crippen LogP contribution < -0.4 is 0 Å². The van der Waals surface area contributed by atoms with E-state index in [0.29, 0.717) is 0 Å². The van der Waals surface area contributed by atoms with Gasteiger partial charge in [-0.1, -0.05) is 82.7 Å². The molecule has 1 heterocycles. The first-order valence-electron chi connectivity index (χ1n) is 9.01. The van der Waals surface area contributed by atoms with E-state index in [1.807, 2.05) is 12.1 Å². The van der Waals surface area contributed by atoms with E-state index in [9.17, 15) is 0 Å². The average Bonchev–Trinajstić information content (AvgIpc) is 3.09. The van der Waals surface area contributed by atoms with Crippen LogP contribution in [0.3, 0.4) is 0 Å². The maximum atomic E-state index is 6.01. The van der Waals surface area contributed by atoms with Crippen molar-refractivity contribution in [2.24, 2.45) is 0 Å². The predicted octanol–water partition coefficient (Wildman–Crippen LogP) is 7.53. The Kier molecular flexibility index (Phi) is 4.06. The standard InChI is InChI=1S/C25H17BrO/c26-20-13-10-18(11-14-20)25(17-6-2-1-3-7-17)19-12-15-24-22(16-19)21-8-4-5-9-23(21)27-24/h1-16,25H. The topological polar surface area (TPSA) is 13.1 Å². The monoisotopic (exact) mass is 412 g/mol. The number of para-hydroxylation sites is 1. The molecular weight excluding hydrogens is 396 g/mol. The van der Waals surface area contributed by atoms with Crippen molar-refractivity contribution in [1.29, 1.82) is 0 Å². The summed E-state index contributed by atoms with van der Waals surface area (Å²) in [5, 5.41) is 2.33. The Morgan fingerprint density at radius 3 is 2.00 bits per heavy atom. The van der Waals surface area contributed by atoms with Gasteiger partial charge in [-0.05, 0) is 47.0 Å². The second kappa shape index (κ2) is 6.71. The van der Waals surface area contributed by atoms with Gasteiger partial charge in [0.05, 0.1) is 0 Å². The van der Waals surface area contributed by atoms with Crippen molar-refractivity contribution in [3.05, 3.63) is 118 Å². The second-order valence-corrected chi connectivity index (χ2v) is 7.66. The highest BCUT2D eigenvalue weighted by molar-refractivity contribution is 9.10. The van der Waals surface area contributed by atoms with Crippen molar-refractivity contribution in [3.63, 3.8) is 0 Å². The summed E-state index contributed by atoms with van der Waals surface area (Å²) in [4.78, 5) is 0. The summed E-state index contributed by atoms with van der Waals surface area (Å²) < 4.78 is 7.10. The minimum atomic E-state index is 0.178. The summed E-state index contributed by atoms with van der Waals surface area (Å²) in [7, 11) is 0. The van der Waals surface area contributed by atoms with Crippen molar-refractivity contribution in [2.45, 2.75) is 5.92 Å². The smallest absolute Gasteiger partial charge is 0.135 e. The molecule has 1 nitrogen and oxygen atoms in total. The lowest BCUT2D eigenvalue weighted by Gasteiger charge is -2.19. The Labute approximate surface area is 166 Å². The summed E-state index contributed by atoms with van der Waals surface area (Å²) in [6.07, 6.45) is 0. The summed E-state index contributed by atoms with van der Waals surface area (Å²) >= 11 is 3.55. The van der Waals surface area contributed by atoms with E-state index in [4.69, 9.17) is 4.42 Å². The van der Waals surface area contributed by atoms with Crippen LogP contribution in [0.25, 0.3) is 21.9 Å². The molecule has 0 amide bonds. The van der Waals surface area contributed by atoms with E-state index in [1.54, 1.807) is 0 Å². The molecule has 0 aliphatic carbocycles. The van der Waals surface area contributed by atoms with Gasteiger partial charge >= 0.3 is 0 Å². The third-order valence-electron chi connectivity index (χ3n) is 5.07. The first-order chi connectivity index (χ1) is 13.3. The number of benzene rings is 4. The predicted molar refractivity (Wildman–Crippen MR) is 115 cm³/mol. The van der Waals surface area contributed by atoms with Crippen molar-refractivity contribution in [1.82, 2.24) is 0 Å². The van der Waals surface area contributed by atoms with E-state index in [2.05, 4.69) is 101 Å². The van der Waals surface area contributed by atoms with Crippen LogP contribution in [-0.4, -0.2) is 0 Å². The minimum Gasteiger partial charge on any atom is -0.456 e. The number of hydrogen-bond acceptors (Lipinski definition) is 1. The van der Waals surface area contributed by atoms with Crippen LogP contribution in [0, 0.1) is 0 Å². The molecule has 5 rings (SSSR count). The van der Waals surface area contributed by atoms with E-state index in [1.165, 1.54) is 22.1 Å². The van der Waals surface area contributed by atoms with Crippen LogP contribution in [0.15, 0.2) is 106 Å². The van der Waals surface area contributed by atoms with Gasteiger partial charge < -0.3 is 4.42 Å². The minimum absolute atomic E-state index is 0.178. The molecule has 0 N–H and O–H groups in total. The number of rotatable bonds is 3. The number of furan rings is 1. The molecule has 5 aromatic rings. The van der Waals surface area contributed by atoms with Gasteiger partial charge in [0.25, 0.3) is 0 Å². The summed E-state index contributed by atoms with van der Waals surface area (Å²) in [5.74, 6) is 0.178. The van der Waals surface area contributed by atoms with Crippen molar-refractivity contribution >= 4 is 37.9 Å². The third-order valence-corrected chi connectivity index (χ3v) is 5.60. The molecule has 0 aliphatic heterocycles. The van der Waals surface area contributed by atoms with E-state index < -0.39 is 0 Å². The van der Waals surface area contributed by atoms with Crippen molar-refractivity contribution in [3.8, 4) is 0 Å². The Morgan fingerprint density at radius 1 is 0.556 bits per heavy atom. The third kappa shape index (κ3) is 2.96. The highest BCUT2D eigenvalue weighted by Gasteiger charge is 2.18. The second-order valence-electron chi connectivity index (χ2n) is 6.75. The van der Waals surface area contributed by atoms with Gasteiger partial charge in [-0.2, -0.15) is 0 Å². The van der Waals surface area contributed by atoms with Crippen LogP contribution in [0.1, 0.15) is 22.6 Å². The van der Waals surface area contributed by atoms with E-state index >= 15 is 0 Å². The van der Waals surface area contributed by atoms with Gasteiger partial charge in [-0.25, -0.2) is 0 Å². The first kappa shape index (κ1) is 16.3. The molecule has 0 fully saturated rings. The molecule has 0 saturated carbocycles. The molecule has 2 heteroatoms. The Morgan fingerprint density at radius 2 is 1.19 bits per heavy atom. The maximum Gasteiger partial charge on any atom is 0.135 e. The quantitative estimate of drug-likeness (QED) is 0.279. The van der Waals surface area contributed by atoms with Gasteiger partial charge in [0.2, 0.25) is 0 Å². The SMILES string of the molecule is Brc1ccc(C(c2ccccc2)c2ccc3oc4ccccc4c3c2)cc1. The van der Waals surface area contributed by atoms with Crippen LogP contribution in [0.2, 0.25) is 0 Å². The molecule has 4 aromatic carbocycles. The van der Waals surface area contributed by atoms with Crippen LogP contribution in [0.4, 0.5) is 0 Å². The van der Waals surface area contributed by atoms with E-state index in [-0.39, 0.29) is 5.92 Å². The molecule has 0 bridgehead atoms. The molecule has 27 heavy (non-hydrogen) atoms. The number of halogens is 1. The molecule has 130 valence electrons. The Hall–Kier alpha value is -2.84. The molecule has 0 radical (unpaired) electrons. The zero-order chi connectivity index (χ0) is 18.2. The fraction of sp³-hybridized carbons (Fsp3) is 0.0400. The molecule has 0 spiro atoms. The molecule has 1 unspecified atom stereocenters. The highest BCUT2D eigenvalue weighted by Crippen LogP contribution is 2.36. The van der Waals surface area contributed by atoms with Gasteiger partial charge in [0.1, 0.15) is 11.2 Å². The molecule has 0 aliphatic rings. The van der Waals surface area contributed by atoms with Crippen LogP contribution in [0.5, 0.6) is 0 Å². The molecule has 0 saturated heterocycles. The lowest BCUT2D eigenvalue weighted by Crippen LogP contribution is -2.03. The first-order valence-corrected chi connectivity index (χ1v) is 9.80. The van der Waals surface area contributed by atoms with Gasteiger partial charge in [0, 0.05) is 21.2 Å².